The average Bonchev–Trinajstić information content (AvgIpc) is 1.98. The van der Waals surface area contributed by atoms with Crippen LogP contribution in [0.4, 0.5) is 0 Å². The van der Waals surface area contributed by atoms with Gasteiger partial charge in [0, 0.05) is 11.3 Å². The summed E-state index contributed by atoms with van der Waals surface area (Å²) < 4.78 is 4.80. The first-order valence-electron chi connectivity index (χ1n) is 3.16. The van der Waals surface area contributed by atoms with Crippen LogP contribution in [0.3, 0.4) is 0 Å². The number of allylic oxidation sites excluding steroid dienone is 1. The molecule has 2 nitrogen and oxygen atoms in total. The zero-order valence-electron chi connectivity index (χ0n) is 6.04. The van der Waals surface area contributed by atoms with E-state index in [1.54, 1.807) is 18.2 Å². The molecule has 11 heavy (non-hydrogen) atoms. The van der Waals surface area contributed by atoms with Crippen LogP contribution in [0.2, 0.25) is 0 Å². The lowest BCUT2D eigenvalue weighted by molar-refractivity contribution is 0.474. The van der Waals surface area contributed by atoms with E-state index in [9.17, 15) is 4.79 Å². The monoisotopic (exact) mass is 148 g/mol. The minimum absolute atomic E-state index is 0.370. The number of hydrogen-bond acceptors (Lipinski definition) is 2. The van der Waals surface area contributed by atoms with Gasteiger partial charge in [0.1, 0.15) is 5.42 Å². The molecule has 1 aromatic rings. The molecule has 0 fully saturated rings. The second-order valence-corrected chi connectivity index (χ2v) is 2.05. The normalized spacial score (nSPS) is 11.5. The van der Waals surface area contributed by atoms with Crippen LogP contribution >= 0.6 is 0 Å². The highest BCUT2D eigenvalue weighted by Gasteiger charge is 1.84. The van der Waals surface area contributed by atoms with Crippen LogP contribution in [0.5, 0.6) is 0 Å². The van der Waals surface area contributed by atoms with Crippen LogP contribution < -0.4 is 16.3 Å². The molecule has 56 valence electrons. The fraction of sp³-hybridized carbons (Fsp3) is 0. The molecule has 0 radical (unpaired) electrons. The van der Waals surface area contributed by atoms with Crippen molar-refractivity contribution in [3.63, 3.8) is 0 Å². The van der Waals surface area contributed by atoms with Crippen LogP contribution in [0, 0.1) is 0 Å². The second kappa shape index (κ2) is 3.01. The average molecular weight is 148 g/mol. The van der Waals surface area contributed by atoms with Gasteiger partial charge in [0.2, 0.25) is 0 Å². The van der Waals surface area contributed by atoms with Gasteiger partial charge in [0.05, 0.1) is 0 Å². The van der Waals surface area contributed by atoms with Crippen molar-refractivity contribution in [1.82, 2.24) is 0 Å². The first-order chi connectivity index (χ1) is 5.24. The first-order valence-corrected chi connectivity index (χ1v) is 3.16. The van der Waals surface area contributed by atoms with E-state index in [1.165, 1.54) is 6.07 Å². The van der Waals surface area contributed by atoms with Gasteiger partial charge in [-0.2, -0.15) is 0 Å². The van der Waals surface area contributed by atoms with E-state index in [0.717, 1.165) is 0 Å². The Morgan fingerprint density at radius 3 is 2.82 bits per heavy atom. The molecule has 0 bridgehead atoms. The highest BCUT2D eigenvalue weighted by molar-refractivity contribution is 5.31. The third-order valence-electron chi connectivity index (χ3n) is 1.22. The third-order valence-corrected chi connectivity index (χ3v) is 1.22. The maximum atomic E-state index is 10.7. The smallest absolute Gasteiger partial charge is 0.336 e. The zero-order chi connectivity index (χ0) is 8.27. The fourth-order valence-electron chi connectivity index (χ4n) is 0.707. The SMILES string of the molecule is C=C/C=c1/oc(=O)ccc1=C. The van der Waals surface area contributed by atoms with Gasteiger partial charge in [-0.05, 0) is 12.1 Å². The van der Waals surface area contributed by atoms with Crippen molar-refractivity contribution in [2.45, 2.75) is 0 Å². The Labute approximate surface area is 63.8 Å². The van der Waals surface area contributed by atoms with Gasteiger partial charge in [-0.15, -0.1) is 0 Å². The Balaban J connectivity index is 3.60. The molecule has 1 aromatic heterocycles. The highest BCUT2D eigenvalue weighted by atomic mass is 16.4. The maximum Gasteiger partial charge on any atom is 0.336 e. The second-order valence-electron chi connectivity index (χ2n) is 2.05. The lowest BCUT2D eigenvalue weighted by Crippen LogP contribution is -2.26. The Morgan fingerprint density at radius 1 is 1.45 bits per heavy atom. The first kappa shape index (κ1) is 7.54. The van der Waals surface area contributed by atoms with E-state index >= 15 is 0 Å². The van der Waals surface area contributed by atoms with Crippen LogP contribution in [0.25, 0.3) is 12.7 Å². The van der Waals surface area contributed by atoms with E-state index < -0.39 is 0 Å². The molecular weight excluding hydrogens is 140 g/mol. The molecule has 0 amide bonds. The summed E-state index contributed by atoms with van der Waals surface area (Å²) in [5.41, 5.74) is 0.0954. The standard InChI is InChI=1S/C9H8O2/c1-3-4-8-7(2)5-6-9(10)11-8/h3-6H,1-2H2/b8-4+. The molecule has 0 unspecified atom stereocenters. The summed E-state index contributed by atoms with van der Waals surface area (Å²) in [5.74, 6) is 0. The van der Waals surface area contributed by atoms with E-state index in [4.69, 9.17) is 4.42 Å². The van der Waals surface area contributed by atoms with Gasteiger partial charge >= 0.3 is 5.63 Å². The van der Waals surface area contributed by atoms with E-state index in [2.05, 4.69) is 13.2 Å². The summed E-state index contributed by atoms with van der Waals surface area (Å²) >= 11 is 0. The quantitative estimate of drug-likeness (QED) is 0.562. The molecule has 0 spiro atoms. The zero-order valence-corrected chi connectivity index (χ0v) is 6.04. The number of rotatable bonds is 1. The highest BCUT2D eigenvalue weighted by Crippen LogP contribution is 1.63. The Hall–Kier alpha value is -1.57. The minimum atomic E-state index is -0.370. The third kappa shape index (κ3) is 1.67. The van der Waals surface area contributed by atoms with E-state index in [-0.39, 0.29) is 5.63 Å². The molecule has 0 aliphatic heterocycles. The molecule has 0 N–H and O–H groups in total. The molecule has 2 heteroatoms. The largest absolute Gasteiger partial charge is 0.423 e. The number of hydrogen-bond donors (Lipinski definition) is 0. The van der Waals surface area contributed by atoms with Crippen molar-refractivity contribution in [1.29, 1.82) is 0 Å². The van der Waals surface area contributed by atoms with E-state index in [0.29, 0.717) is 10.6 Å². The molecule has 1 rings (SSSR count). The van der Waals surface area contributed by atoms with Crippen molar-refractivity contribution in [3.8, 4) is 0 Å². The minimum Gasteiger partial charge on any atom is -0.423 e. The Morgan fingerprint density at radius 2 is 2.18 bits per heavy atom. The van der Waals surface area contributed by atoms with Crippen molar-refractivity contribution in [2.24, 2.45) is 0 Å². The predicted octanol–water partition coefficient (Wildman–Crippen LogP) is 0.0166. The molecule has 0 aliphatic carbocycles. The fourth-order valence-corrected chi connectivity index (χ4v) is 0.707. The van der Waals surface area contributed by atoms with Gasteiger partial charge in [0.15, 0.2) is 0 Å². The van der Waals surface area contributed by atoms with Gasteiger partial charge in [-0.25, -0.2) is 4.79 Å². The molecule has 0 saturated heterocycles. The van der Waals surface area contributed by atoms with Crippen molar-refractivity contribution in [2.75, 3.05) is 0 Å². The van der Waals surface area contributed by atoms with Gasteiger partial charge in [-0.3, -0.25) is 0 Å². The lowest BCUT2D eigenvalue weighted by Gasteiger charge is -1.83. The Bertz CT molecular complexity index is 412. The van der Waals surface area contributed by atoms with Gasteiger partial charge in [0.25, 0.3) is 0 Å². The summed E-state index contributed by atoms with van der Waals surface area (Å²) in [7, 11) is 0. The molecule has 0 atom stereocenters. The van der Waals surface area contributed by atoms with Crippen LogP contribution in [0.15, 0.2) is 34.0 Å². The molecule has 1 heterocycles. The van der Waals surface area contributed by atoms with Gasteiger partial charge < -0.3 is 4.42 Å². The van der Waals surface area contributed by atoms with Crippen LogP contribution in [-0.2, 0) is 0 Å². The molecule has 0 saturated carbocycles. The molecule has 0 aromatic carbocycles. The summed E-state index contributed by atoms with van der Waals surface area (Å²) in [6.07, 6.45) is 3.15. The predicted molar refractivity (Wildman–Crippen MR) is 44.4 cm³/mol. The van der Waals surface area contributed by atoms with Crippen molar-refractivity contribution in [3.05, 3.63) is 45.8 Å². The maximum absolute atomic E-state index is 10.7. The summed E-state index contributed by atoms with van der Waals surface area (Å²) in [6.45, 7) is 7.15. The lowest BCUT2D eigenvalue weighted by atomic mass is 10.4. The summed E-state index contributed by atoms with van der Waals surface area (Å²) in [5, 5.41) is 0.685. The van der Waals surface area contributed by atoms with E-state index in [1.807, 2.05) is 0 Å². The van der Waals surface area contributed by atoms with Gasteiger partial charge in [-0.1, -0.05) is 19.2 Å². The molecular formula is C9H8O2. The van der Waals surface area contributed by atoms with Crippen LogP contribution in [-0.4, -0.2) is 0 Å². The summed E-state index contributed by atoms with van der Waals surface area (Å²) in [4.78, 5) is 10.7. The van der Waals surface area contributed by atoms with Crippen LogP contribution in [0.1, 0.15) is 0 Å². The molecule has 0 aliphatic rings. The topological polar surface area (TPSA) is 30.2 Å². The summed E-state index contributed by atoms with van der Waals surface area (Å²) in [6, 6.07) is 2.95. The Kier molecular flexibility index (Phi) is 2.06. The van der Waals surface area contributed by atoms with Crippen molar-refractivity contribution >= 4 is 12.7 Å². The van der Waals surface area contributed by atoms with Crippen molar-refractivity contribution < 1.29 is 4.42 Å².